The Hall–Kier alpha value is -2.21. The van der Waals surface area contributed by atoms with Gasteiger partial charge in [-0.05, 0) is 29.3 Å². The molecule has 0 amide bonds. The maximum atomic E-state index is 11.8. The van der Waals surface area contributed by atoms with Crippen LogP contribution in [-0.4, -0.2) is 18.0 Å². The van der Waals surface area contributed by atoms with Crippen molar-refractivity contribution in [2.75, 3.05) is 7.11 Å². The van der Waals surface area contributed by atoms with Crippen LogP contribution >= 0.6 is 15.9 Å². The van der Waals surface area contributed by atoms with Gasteiger partial charge in [-0.15, -0.1) is 0 Å². The Labute approximate surface area is 123 Å². The molecule has 2 aromatic carbocycles. The largest absolute Gasteiger partial charge is 0.465 e. The Morgan fingerprint density at radius 3 is 2.65 bits per heavy atom. The van der Waals surface area contributed by atoms with E-state index in [0.29, 0.717) is 16.7 Å². The Morgan fingerprint density at radius 1 is 1.25 bits per heavy atom. The molecule has 0 unspecified atom stereocenters. The molecule has 0 atom stereocenters. The maximum Gasteiger partial charge on any atom is 0.338 e. The lowest BCUT2D eigenvalue weighted by atomic mass is 9.99. The number of methoxy groups -OCH3 is 1. The number of halogens is 1. The summed E-state index contributed by atoms with van der Waals surface area (Å²) in [4.78, 5) is 22.1. The first-order valence-corrected chi connectivity index (χ1v) is 6.45. The second-order valence-corrected chi connectivity index (χ2v) is 4.90. The zero-order valence-corrected chi connectivity index (χ0v) is 12.1. The minimum Gasteiger partial charge on any atom is -0.465 e. The van der Waals surface area contributed by atoms with E-state index in [4.69, 9.17) is 4.74 Å². The first-order valence-electron chi connectivity index (χ1n) is 5.65. The van der Waals surface area contributed by atoms with Crippen LogP contribution in [0.1, 0.15) is 10.4 Å². The van der Waals surface area contributed by atoms with Crippen molar-refractivity contribution in [3.8, 4) is 11.1 Å². The molecule has 20 heavy (non-hydrogen) atoms. The fourth-order valence-electron chi connectivity index (χ4n) is 1.83. The van der Waals surface area contributed by atoms with Gasteiger partial charge in [-0.3, -0.25) is 10.1 Å². The van der Waals surface area contributed by atoms with Gasteiger partial charge in [-0.2, -0.15) is 0 Å². The molecular formula is C14H10BrNO4. The van der Waals surface area contributed by atoms with E-state index in [-0.39, 0.29) is 5.69 Å². The quantitative estimate of drug-likeness (QED) is 0.485. The third-order valence-corrected chi connectivity index (χ3v) is 3.25. The number of esters is 1. The van der Waals surface area contributed by atoms with Crippen LogP contribution in [0.25, 0.3) is 11.1 Å². The van der Waals surface area contributed by atoms with Crippen molar-refractivity contribution >= 4 is 27.6 Å². The molecule has 2 aromatic rings. The summed E-state index contributed by atoms with van der Waals surface area (Å²) in [7, 11) is 1.29. The van der Waals surface area contributed by atoms with Crippen LogP contribution in [0.2, 0.25) is 0 Å². The van der Waals surface area contributed by atoms with Crippen LogP contribution < -0.4 is 0 Å². The van der Waals surface area contributed by atoms with Crippen LogP contribution in [0.4, 0.5) is 5.69 Å². The molecule has 0 spiro atoms. The number of nitro groups is 1. The Morgan fingerprint density at radius 2 is 2.00 bits per heavy atom. The summed E-state index contributed by atoms with van der Waals surface area (Å²) >= 11 is 3.33. The summed E-state index contributed by atoms with van der Waals surface area (Å²) < 4.78 is 5.50. The van der Waals surface area contributed by atoms with E-state index in [9.17, 15) is 14.9 Å². The molecule has 102 valence electrons. The average Bonchev–Trinajstić information content (AvgIpc) is 2.46. The van der Waals surface area contributed by atoms with E-state index in [1.165, 1.54) is 19.2 Å². The molecule has 0 saturated heterocycles. The van der Waals surface area contributed by atoms with E-state index in [2.05, 4.69) is 15.9 Å². The molecule has 0 aliphatic rings. The normalized spacial score (nSPS) is 10.1. The van der Waals surface area contributed by atoms with Gasteiger partial charge in [0.2, 0.25) is 0 Å². The number of carbonyl (C=O) groups excluding carboxylic acids is 1. The van der Waals surface area contributed by atoms with Crippen molar-refractivity contribution in [3.63, 3.8) is 0 Å². The van der Waals surface area contributed by atoms with Gasteiger partial charge < -0.3 is 4.74 Å². The van der Waals surface area contributed by atoms with Gasteiger partial charge in [0, 0.05) is 16.6 Å². The number of non-ortho nitro benzene ring substituents is 1. The summed E-state index contributed by atoms with van der Waals surface area (Å²) in [5.74, 6) is -0.487. The summed E-state index contributed by atoms with van der Waals surface area (Å²) in [6.45, 7) is 0. The predicted octanol–water partition coefficient (Wildman–Crippen LogP) is 3.81. The predicted molar refractivity (Wildman–Crippen MR) is 77.6 cm³/mol. The molecule has 0 aliphatic heterocycles. The fraction of sp³-hybridized carbons (Fsp3) is 0.0714. The number of rotatable bonds is 3. The summed E-state index contributed by atoms with van der Waals surface area (Å²) in [6, 6.07) is 11.2. The van der Waals surface area contributed by atoms with Crippen molar-refractivity contribution < 1.29 is 14.5 Å². The molecule has 0 saturated carbocycles. The minimum atomic E-state index is -0.487. The number of hydrogen-bond donors (Lipinski definition) is 0. The molecule has 0 heterocycles. The van der Waals surface area contributed by atoms with Crippen LogP contribution in [0.15, 0.2) is 46.9 Å². The number of carbonyl (C=O) groups is 1. The molecule has 0 aromatic heterocycles. The van der Waals surface area contributed by atoms with Crippen molar-refractivity contribution in [2.24, 2.45) is 0 Å². The van der Waals surface area contributed by atoms with Gasteiger partial charge >= 0.3 is 5.97 Å². The van der Waals surface area contributed by atoms with Crippen molar-refractivity contribution in [1.82, 2.24) is 0 Å². The third kappa shape index (κ3) is 2.85. The second-order valence-electron chi connectivity index (χ2n) is 3.99. The first-order chi connectivity index (χ1) is 9.52. The zero-order chi connectivity index (χ0) is 14.7. The molecule has 2 rings (SSSR count). The van der Waals surface area contributed by atoms with Crippen molar-refractivity contribution in [1.29, 1.82) is 0 Å². The summed E-state index contributed by atoms with van der Waals surface area (Å²) in [5, 5.41) is 10.8. The van der Waals surface area contributed by atoms with Gasteiger partial charge in [-0.25, -0.2) is 4.79 Å². The van der Waals surface area contributed by atoms with Gasteiger partial charge in [0.15, 0.2) is 0 Å². The van der Waals surface area contributed by atoms with Crippen LogP contribution in [0, 0.1) is 10.1 Å². The second kappa shape index (κ2) is 5.83. The lowest BCUT2D eigenvalue weighted by Gasteiger charge is -2.08. The Balaban J connectivity index is 2.62. The number of benzene rings is 2. The smallest absolute Gasteiger partial charge is 0.338 e. The molecule has 0 bridgehead atoms. The number of nitro benzene ring substituents is 1. The third-order valence-electron chi connectivity index (χ3n) is 2.75. The summed E-state index contributed by atoms with van der Waals surface area (Å²) in [5.41, 5.74) is 1.49. The standard InChI is InChI=1S/C14H10BrNO4/c1-20-14(17)12-6-5-10(15)8-13(12)9-3-2-4-11(7-9)16(18)19/h2-8H,1H3. The SMILES string of the molecule is COC(=O)c1ccc(Br)cc1-c1cccc([N+](=O)[O-])c1. The lowest BCUT2D eigenvalue weighted by molar-refractivity contribution is -0.384. The van der Waals surface area contributed by atoms with Gasteiger partial charge in [0.05, 0.1) is 17.6 Å². The molecule has 0 aliphatic carbocycles. The van der Waals surface area contributed by atoms with Crippen molar-refractivity contribution in [2.45, 2.75) is 0 Å². The monoisotopic (exact) mass is 335 g/mol. The van der Waals surface area contributed by atoms with E-state index in [1.54, 1.807) is 30.3 Å². The first kappa shape index (κ1) is 14.2. The number of ether oxygens (including phenoxy) is 1. The molecule has 5 nitrogen and oxygen atoms in total. The van der Waals surface area contributed by atoms with Crippen LogP contribution in [0.3, 0.4) is 0 Å². The Bertz CT molecular complexity index is 685. The van der Waals surface area contributed by atoms with Crippen molar-refractivity contribution in [3.05, 3.63) is 62.6 Å². The minimum absolute atomic E-state index is 0.0294. The van der Waals surface area contributed by atoms with Gasteiger partial charge in [0.25, 0.3) is 5.69 Å². The molecule has 0 fully saturated rings. The van der Waals surface area contributed by atoms with Gasteiger partial charge in [0.1, 0.15) is 0 Å². The highest BCUT2D eigenvalue weighted by Crippen LogP contribution is 2.30. The van der Waals surface area contributed by atoms with Gasteiger partial charge in [-0.1, -0.05) is 28.1 Å². The van der Waals surface area contributed by atoms with E-state index >= 15 is 0 Å². The molecule has 0 radical (unpaired) electrons. The summed E-state index contributed by atoms with van der Waals surface area (Å²) in [6.07, 6.45) is 0. The highest BCUT2D eigenvalue weighted by molar-refractivity contribution is 9.10. The molecule has 6 heteroatoms. The van der Waals surface area contributed by atoms with E-state index in [1.807, 2.05) is 0 Å². The van der Waals surface area contributed by atoms with Crippen LogP contribution in [0.5, 0.6) is 0 Å². The Kier molecular flexibility index (Phi) is 4.14. The topological polar surface area (TPSA) is 69.4 Å². The average molecular weight is 336 g/mol. The van der Waals surface area contributed by atoms with Crippen LogP contribution in [-0.2, 0) is 4.74 Å². The zero-order valence-electron chi connectivity index (χ0n) is 10.5. The molecular weight excluding hydrogens is 326 g/mol. The fourth-order valence-corrected chi connectivity index (χ4v) is 2.19. The highest BCUT2D eigenvalue weighted by Gasteiger charge is 2.15. The lowest BCUT2D eigenvalue weighted by Crippen LogP contribution is -2.03. The highest BCUT2D eigenvalue weighted by atomic mass is 79.9. The number of nitrogens with zero attached hydrogens (tertiary/aromatic N) is 1. The number of hydrogen-bond acceptors (Lipinski definition) is 4. The van der Waals surface area contributed by atoms with E-state index < -0.39 is 10.9 Å². The van der Waals surface area contributed by atoms with E-state index in [0.717, 1.165) is 4.47 Å². The maximum absolute atomic E-state index is 11.8. The molecule has 0 N–H and O–H groups in total.